The number of fused-ring (bicyclic) bond motifs is 3. The highest BCUT2D eigenvalue weighted by Gasteiger charge is 2.15. The van der Waals surface area contributed by atoms with Gasteiger partial charge >= 0.3 is 0 Å². The van der Waals surface area contributed by atoms with E-state index in [1.54, 1.807) is 24.3 Å². The SMILES string of the molecule is Oc1ccccc1.c1ccc(-c2ccccc2)cc1.c1ccc2c(c1)Cc1ccccc1-2. The minimum atomic E-state index is 0.322. The predicted octanol–water partition coefficient (Wildman–Crippen LogP) is 8.00. The molecular weight excluding hydrogens is 388 g/mol. The van der Waals surface area contributed by atoms with Gasteiger partial charge in [-0.1, -0.05) is 127 Å². The molecule has 1 nitrogen and oxygen atoms in total. The molecule has 0 saturated carbocycles. The van der Waals surface area contributed by atoms with Gasteiger partial charge in [-0.2, -0.15) is 0 Å². The lowest BCUT2D eigenvalue weighted by atomic mass is 10.1. The highest BCUT2D eigenvalue weighted by Crippen LogP contribution is 2.35. The molecule has 156 valence electrons. The molecule has 0 unspecified atom stereocenters. The van der Waals surface area contributed by atoms with Crippen LogP contribution >= 0.6 is 0 Å². The van der Waals surface area contributed by atoms with Crippen molar-refractivity contribution in [1.29, 1.82) is 0 Å². The summed E-state index contributed by atoms with van der Waals surface area (Å²) in [6.45, 7) is 0. The lowest BCUT2D eigenvalue weighted by molar-refractivity contribution is 0.475. The molecule has 0 heterocycles. The van der Waals surface area contributed by atoms with Crippen molar-refractivity contribution in [3.63, 3.8) is 0 Å². The van der Waals surface area contributed by atoms with Crippen molar-refractivity contribution in [3.05, 3.63) is 151 Å². The van der Waals surface area contributed by atoms with Gasteiger partial charge in [0.25, 0.3) is 0 Å². The number of hydrogen-bond acceptors (Lipinski definition) is 1. The molecule has 0 radical (unpaired) electrons. The Kier molecular flexibility index (Phi) is 7.13. The van der Waals surface area contributed by atoms with Crippen LogP contribution in [0.4, 0.5) is 0 Å². The first-order valence-corrected chi connectivity index (χ1v) is 10.8. The molecule has 5 aromatic carbocycles. The predicted molar refractivity (Wildman–Crippen MR) is 135 cm³/mol. The number of para-hydroxylation sites is 1. The highest BCUT2D eigenvalue weighted by molar-refractivity contribution is 5.76. The van der Waals surface area contributed by atoms with Gasteiger partial charge in [0.1, 0.15) is 5.75 Å². The molecule has 32 heavy (non-hydrogen) atoms. The maximum atomic E-state index is 8.63. The van der Waals surface area contributed by atoms with Gasteiger partial charge < -0.3 is 5.11 Å². The van der Waals surface area contributed by atoms with Crippen molar-refractivity contribution in [2.24, 2.45) is 0 Å². The van der Waals surface area contributed by atoms with Crippen LogP contribution in [0, 0.1) is 0 Å². The zero-order valence-electron chi connectivity index (χ0n) is 17.9. The van der Waals surface area contributed by atoms with Gasteiger partial charge in [-0.15, -0.1) is 0 Å². The molecular formula is C31H26O. The summed E-state index contributed by atoms with van der Waals surface area (Å²) in [6, 6.07) is 46.8. The summed E-state index contributed by atoms with van der Waals surface area (Å²) in [5.74, 6) is 0.322. The second-order valence-electron chi connectivity index (χ2n) is 7.56. The third-order valence-corrected chi connectivity index (χ3v) is 5.34. The fraction of sp³-hybridized carbons (Fsp3) is 0.0323. The second-order valence-corrected chi connectivity index (χ2v) is 7.56. The summed E-state index contributed by atoms with van der Waals surface area (Å²) >= 11 is 0. The minimum Gasteiger partial charge on any atom is -0.508 e. The van der Waals surface area contributed by atoms with Gasteiger partial charge in [-0.05, 0) is 51.9 Å². The molecule has 0 fully saturated rings. The van der Waals surface area contributed by atoms with Gasteiger partial charge in [0.2, 0.25) is 0 Å². The van der Waals surface area contributed by atoms with Gasteiger partial charge in [0.05, 0.1) is 0 Å². The Morgan fingerprint density at radius 2 is 0.719 bits per heavy atom. The van der Waals surface area contributed by atoms with E-state index in [0.29, 0.717) is 5.75 Å². The van der Waals surface area contributed by atoms with E-state index in [4.69, 9.17) is 5.11 Å². The summed E-state index contributed by atoms with van der Waals surface area (Å²) in [7, 11) is 0. The lowest BCUT2D eigenvalue weighted by Crippen LogP contribution is -1.77. The van der Waals surface area contributed by atoms with Crippen LogP contribution in [0.3, 0.4) is 0 Å². The van der Waals surface area contributed by atoms with Gasteiger partial charge in [-0.25, -0.2) is 0 Å². The zero-order chi connectivity index (χ0) is 22.0. The van der Waals surface area contributed by atoms with Crippen LogP contribution in [-0.4, -0.2) is 5.11 Å². The topological polar surface area (TPSA) is 20.2 Å². The van der Waals surface area contributed by atoms with Crippen molar-refractivity contribution in [3.8, 4) is 28.0 Å². The standard InChI is InChI=1S/C13H10.C12H10.C6H6O/c1-3-7-12-10(5-1)9-11-6-2-4-8-13(11)12;1-3-7-11(8-4-1)12-9-5-2-6-10-12;7-6-4-2-1-3-5-6/h1-8H,9H2;1-10H;1-5,7H. The average Bonchev–Trinajstić information content (AvgIpc) is 3.25. The van der Waals surface area contributed by atoms with Gasteiger partial charge in [-0.3, -0.25) is 0 Å². The van der Waals surface area contributed by atoms with E-state index in [-0.39, 0.29) is 0 Å². The van der Waals surface area contributed by atoms with E-state index in [0.717, 1.165) is 6.42 Å². The molecule has 1 aliphatic rings. The summed E-state index contributed by atoms with van der Waals surface area (Å²) in [5.41, 5.74) is 8.31. The third kappa shape index (κ3) is 5.53. The summed E-state index contributed by atoms with van der Waals surface area (Å²) in [6.07, 6.45) is 1.10. The summed E-state index contributed by atoms with van der Waals surface area (Å²) in [5, 5.41) is 8.63. The molecule has 0 saturated heterocycles. The Morgan fingerprint density at radius 3 is 1.09 bits per heavy atom. The normalized spacial score (nSPS) is 10.5. The number of phenolic OH excluding ortho intramolecular Hbond substituents is 1. The Hall–Kier alpha value is -4.10. The summed E-state index contributed by atoms with van der Waals surface area (Å²) < 4.78 is 0. The first-order chi connectivity index (χ1) is 15.8. The van der Waals surface area contributed by atoms with Crippen molar-refractivity contribution >= 4 is 0 Å². The number of aromatic hydroxyl groups is 1. The Morgan fingerprint density at radius 1 is 0.375 bits per heavy atom. The average molecular weight is 415 g/mol. The van der Waals surface area contributed by atoms with Crippen LogP contribution in [0.2, 0.25) is 0 Å². The molecule has 0 aromatic heterocycles. The Labute approximate surface area is 190 Å². The number of phenols is 1. The van der Waals surface area contributed by atoms with Crippen molar-refractivity contribution < 1.29 is 5.11 Å². The Bertz CT molecular complexity index is 1150. The molecule has 1 N–H and O–H groups in total. The van der Waals surface area contributed by atoms with Crippen LogP contribution in [0.5, 0.6) is 5.75 Å². The van der Waals surface area contributed by atoms with Crippen LogP contribution in [-0.2, 0) is 6.42 Å². The van der Waals surface area contributed by atoms with Crippen LogP contribution in [0.15, 0.2) is 140 Å². The quantitative estimate of drug-likeness (QED) is 0.289. The maximum absolute atomic E-state index is 8.63. The van der Waals surface area contributed by atoms with Crippen LogP contribution < -0.4 is 0 Å². The van der Waals surface area contributed by atoms with E-state index < -0.39 is 0 Å². The minimum absolute atomic E-state index is 0.322. The van der Waals surface area contributed by atoms with E-state index >= 15 is 0 Å². The van der Waals surface area contributed by atoms with Crippen LogP contribution in [0.1, 0.15) is 11.1 Å². The number of benzene rings is 5. The maximum Gasteiger partial charge on any atom is 0.115 e. The number of hydrogen-bond donors (Lipinski definition) is 1. The highest BCUT2D eigenvalue weighted by atomic mass is 16.3. The lowest BCUT2D eigenvalue weighted by Gasteiger charge is -1.98. The molecule has 1 heteroatoms. The third-order valence-electron chi connectivity index (χ3n) is 5.34. The fourth-order valence-corrected chi connectivity index (χ4v) is 3.77. The molecule has 1 aliphatic carbocycles. The molecule has 0 bridgehead atoms. The molecule has 0 spiro atoms. The van der Waals surface area contributed by atoms with Crippen LogP contribution in [0.25, 0.3) is 22.3 Å². The van der Waals surface area contributed by atoms with Gasteiger partial charge in [0.15, 0.2) is 0 Å². The monoisotopic (exact) mass is 414 g/mol. The second kappa shape index (κ2) is 10.8. The first-order valence-electron chi connectivity index (χ1n) is 10.8. The van der Waals surface area contributed by atoms with Crippen molar-refractivity contribution in [2.75, 3.05) is 0 Å². The Balaban J connectivity index is 0.000000120. The fourth-order valence-electron chi connectivity index (χ4n) is 3.77. The van der Waals surface area contributed by atoms with Crippen molar-refractivity contribution in [1.82, 2.24) is 0 Å². The van der Waals surface area contributed by atoms with E-state index in [9.17, 15) is 0 Å². The molecule has 0 atom stereocenters. The van der Waals surface area contributed by atoms with Crippen molar-refractivity contribution in [2.45, 2.75) is 6.42 Å². The molecule has 6 rings (SSSR count). The first kappa shape index (κ1) is 21.1. The molecule has 0 aliphatic heterocycles. The van der Waals surface area contributed by atoms with E-state index in [1.165, 1.54) is 33.4 Å². The van der Waals surface area contributed by atoms with E-state index in [2.05, 4.69) is 97.1 Å². The summed E-state index contributed by atoms with van der Waals surface area (Å²) in [4.78, 5) is 0. The zero-order valence-corrected chi connectivity index (χ0v) is 17.9. The molecule has 5 aromatic rings. The largest absolute Gasteiger partial charge is 0.508 e. The van der Waals surface area contributed by atoms with Gasteiger partial charge in [0, 0.05) is 0 Å². The van der Waals surface area contributed by atoms with E-state index in [1.807, 2.05) is 18.2 Å². The number of rotatable bonds is 1. The molecule has 0 amide bonds. The smallest absolute Gasteiger partial charge is 0.115 e.